The minimum absolute atomic E-state index is 0.252. The molecule has 29 heavy (non-hydrogen) atoms. The van der Waals surface area contributed by atoms with E-state index in [4.69, 9.17) is 9.47 Å². The van der Waals surface area contributed by atoms with Gasteiger partial charge in [-0.05, 0) is 62.2 Å². The Labute approximate surface area is 170 Å². The molecule has 0 aliphatic carbocycles. The smallest absolute Gasteiger partial charge is 0.274 e. The van der Waals surface area contributed by atoms with Crippen LogP contribution < -0.4 is 20.1 Å². The number of methoxy groups -OCH3 is 2. The third-order valence-electron chi connectivity index (χ3n) is 4.22. The number of nitrogens with one attached hydrogen (secondary N) is 2. The van der Waals surface area contributed by atoms with Crippen LogP contribution in [0.1, 0.15) is 27.3 Å². The van der Waals surface area contributed by atoms with Gasteiger partial charge in [-0.15, -0.1) is 0 Å². The van der Waals surface area contributed by atoms with E-state index in [-0.39, 0.29) is 11.6 Å². The summed E-state index contributed by atoms with van der Waals surface area (Å²) in [7, 11) is 3.10. The summed E-state index contributed by atoms with van der Waals surface area (Å²) in [6, 6.07) is 12.9. The topological polar surface area (TPSA) is 85.4 Å². The summed E-state index contributed by atoms with van der Waals surface area (Å²) in [5.74, 6) is 1.14. The highest BCUT2D eigenvalue weighted by molar-refractivity contribution is 6.04. The van der Waals surface area contributed by atoms with Gasteiger partial charge >= 0.3 is 0 Å². The number of carbonyl (C=O) groups excluding carboxylic acids is 1. The highest BCUT2D eigenvalue weighted by Crippen LogP contribution is 2.29. The lowest BCUT2D eigenvalue weighted by atomic mass is 10.1. The Morgan fingerprint density at radius 1 is 0.897 bits per heavy atom. The first-order valence-corrected chi connectivity index (χ1v) is 9.12. The molecule has 0 spiro atoms. The molecular weight excluding hydrogens is 368 g/mol. The fourth-order valence-electron chi connectivity index (χ4n) is 3.00. The molecule has 0 bridgehead atoms. The second-order valence-corrected chi connectivity index (χ2v) is 6.74. The number of amides is 1. The van der Waals surface area contributed by atoms with Crippen molar-refractivity contribution in [3.63, 3.8) is 0 Å². The SMILES string of the molecule is COc1ccc(NC(=O)c2cc(C)nc(Nc3cc(C)cc(C)c3)n2)c(OC)c1. The summed E-state index contributed by atoms with van der Waals surface area (Å²) in [4.78, 5) is 21.6. The standard InChI is InChI=1S/C22H24N4O3/c1-13-8-14(2)10-16(9-13)24-22-23-15(3)11-19(26-22)21(27)25-18-7-6-17(28-4)12-20(18)29-5/h6-12H,1-5H3,(H,25,27)(H,23,24,26). The summed E-state index contributed by atoms with van der Waals surface area (Å²) >= 11 is 0. The van der Waals surface area contributed by atoms with Crippen LogP contribution >= 0.6 is 0 Å². The molecule has 0 aliphatic heterocycles. The van der Waals surface area contributed by atoms with Gasteiger partial charge in [0.2, 0.25) is 5.95 Å². The number of rotatable bonds is 6. The van der Waals surface area contributed by atoms with Gasteiger partial charge in [0.25, 0.3) is 5.91 Å². The minimum Gasteiger partial charge on any atom is -0.497 e. The normalized spacial score (nSPS) is 10.4. The molecule has 0 fully saturated rings. The zero-order valence-corrected chi connectivity index (χ0v) is 17.2. The van der Waals surface area contributed by atoms with Crippen molar-refractivity contribution in [2.75, 3.05) is 24.9 Å². The van der Waals surface area contributed by atoms with Gasteiger partial charge < -0.3 is 20.1 Å². The average Bonchev–Trinajstić information content (AvgIpc) is 2.67. The Balaban J connectivity index is 1.84. The molecule has 3 aromatic rings. The highest BCUT2D eigenvalue weighted by atomic mass is 16.5. The van der Waals surface area contributed by atoms with Crippen LogP contribution in [0.2, 0.25) is 0 Å². The van der Waals surface area contributed by atoms with Gasteiger partial charge in [-0.1, -0.05) is 6.07 Å². The lowest BCUT2D eigenvalue weighted by Crippen LogP contribution is -2.16. The third-order valence-corrected chi connectivity index (χ3v) is 4.22. The van der Waals surface area contributed by atoms with Crippen molar-refractivity contribution in [1.82, 2.24) is 9.97 Å². The second kappa shape index (κ2) is 8.60. The first-order chi connectivity index (χ1) is 13.9. The number of aryl methyl sites for hydroxylation is 3. The van der Waals surface area contributed by atoms with Crippen LogP contribution in [0.5, 0.6) is 11.5 Å². The lowest BCUT2D eigenvalue weighted by molar-refractivity contribution is 0.102. The Kier molecular flexibility index (Phi) is 5.97. The lowest BCUT2D eigenvalue weighted by Gasteiger charge is -2.12. The molecule has 150 valence electrons. The molecule has 2 aromatic carbocycles. The number of hydrogen-bond acceptors (Lipinski definition) is 6. The number of aromatic nitrogens is 2. The van der Waals surface area contributed by atoms with Crippen molar-refractivity contribution < 1.29 is 14.3 Å². The van der Waals surface area contributed by atoms with Crippen molar-refractivity contribution in [2.24, 2.45) is 0 Å². The van der Waals surface area contributed by atoms with Crippen molar-refractivity contribution in [3.05, 3.63) is 65.0 Å². The number of anilines is 3. The molecule has 0 radical (unpaired) electrons. The first kappa shape index (κ1) is 20.1. The quantitative estimate of drug-likeness (QED) is 0.646. The number of carbonyl (C=O) groups is 1. The zero-order chi connectivity index (χ0) is 21.0. The van der Waals surface area contributed by atoms with Gasteiger partial charge in [0.1, 0.15) is 17.2 Å². The second-order valence-electron chi connectivity index (χ2n) is 6.74. The van der Waals surface area contributed by atoms with E-state index >= 15 is 0 Å². The van der Waals surface area contributed by atoms with E-state index in [1.165, 1.54) is 7.11 Å². The molecule has 3 rings (SSSR count). The van der Waals surface area contributed by atoms with Crippen molar-refractivity contribution in [2.45, 2.75) is 20.8 Å². The van der Waals surface area contributed by atoms with Crippen molar-refractivity contribution >= 4 is 23.2 Å². The van der Waals surface area contributed by atoms with Crippen LogP contribution in [0.15, 0.2) is 42.5 Å². The summed E-state index contributed by atoms with van der Waals surface area (Å²) < 4.78 is 10.5. The van der Waals surface area contributed by atoms with Crippen LogP contribution in [0.4, 0.5) is 17.3 Å². The number of nitrogens with zero attached hydrogens (tertiary/aromatic N) is 2. The molecule has 1 aromatic heterocycles. The Hall–Kier alpha value is -3.61. The van der Waals surface area contributed by atoms with Gasteiger partial charge in [-0.25, -0.2) is 9.97 Å². The maximum atomic E-state index is 12.8. The summed E-state index contributed by atoms with van der Waals surface area (Å²) in [5.41, 5.74) is 4.59. The number of hydrogen-bond donors (Lipinski definition) is 2. The largest absolute Gasteiger partial charge is 0.497 e. The molecule has 7 heteroatoms. The highest BCUT2D eigenvalue weighted by Gasteiger charge is 2.14. The summed E-state index contributed by atoms with van der Waals surface area (Å²) in [6.07, 6.45) is 0. The van der Waals surface area contributed by atoms with Gasteiger partial charge in [0, 0.05) is 17.4 Å². The molecule has 0 unspecified atom stereocenters. The monoisotopic (exact) mass is 392 g/mol. The van der Waals surface area contributed by atoms with Gasteiger partial charge in [0.15, 0.2) is 0 Å². The first-order valence-electron chi connectivity index (χ1n) is 9.12. The van der Waals surface area contributed by atoms with Crippen molar-refractivity contribution in [1.29, 1.82) is 0 Å². The van der Waals surface area contributed by atoms with E-state index in [0.717, 1.165) is 16.8 Å². The Morgan fingerprint density at radius 2 is 1.62 bits per heavy atom. The number of ether oxygens (including phenoxy) is 2. The maximum Gasteiger partial charge on any atom is 0.274 e. The molecule has 0 saturated carbocycles. The molecule has 1 amide bonds. The fourth-order valence-corrected chi connectivity index (χ4v) is 3.00. The Morgan fingerprint density at radius 3 is 2.28 bits per heavy atom. The number of benzene rings is 2. The molecule has 0 atom stereocenters. The van der Waals surface area contributed by atoms with Gasteiger partial charge in [-0.2, -0.15) is 0 Å². The van der Waals surface area contributed by atoms with Crippen LogP contribution in [0.25, 0.3) is 0 Å². The molecule has 2 N–H and O–H groups in total. The van der Waals surface area contributed by atoms with Crippen LogP contribution in [-0.4, -0.2) is 30.1 Å². The average molecular weight is 392 g/mol. The van der Waals surface area contributed by atoms with E-state index in [1.54, 1.807) is 31.4 Å². The van der Waals surface area contributed by atoms with Crippen LogP contribution in [-0.2, 0) is 0 Å². The van der Waals surface area contributed by atoms with Gasteiger partial charge in [-0.3, -0.25) is 4.79 Å². The summed E-state index contributed by atoms with van der Waals surface area (Å²) in [5, 5.41) is 6.01. The fraction of sp³-hybridized carbons (Fsp3) is 0.227. The molecule has 0 saturated heterocycles. The zero-order valence-electron chi connectivity index (χ0n) is 17.2. The predicted molar refractivity (Wildman–Crippen MR) is 113 cm³/mol. The molecular formula is C22H24N4O3. The van der Waals surface area contributed by atoms with E-state index in [0.29, 0.717) is 28.8 Å². The van der Waals surface area contributed by atoms with Crippen molar-refractivity contribution in [3.8, 4) is 11.5 Å². The summed E-state index contributed by atoms with van der Waals surface area (Å²) in [6.45, 7) is 5.87. The van der Waals surface area contributed by atoms with E-state index < -0.39 is 0 Å². The van der Waals surface area contributed by atoms with E-state index in [9.17, 15) is 4.79 Å². The van der Waals surface area contributed by atoms with Gasteiger partial charge in [0.05, 0.1) is 19.9 Å². The van der Waals surface area contributed by atoms with E-state index in [1.807, 2.05) is 32.9 Å². The molecule has 0 aliphatic rings. The van der Waals surface area contributed by atoms with Crippen LogP contribution in [0.3, 0.4) is 0 Å². The minimum atomic E-state index is -0.359. The van der Waals surface area contributed by atoms with Crippen LogP contribution in [0, 0.1) is 20.8 Å². The maximum absolute atomic E-state index is 12.8. The third kappa shape index (κ3) is 5.01. The Bertz CT molecular complexity index is 1030. The van der Waals surface area contributed by atoms with E-state index in [2.05, 4.69) is 26.7 Å². The molecule has 1 heterocycles. The molecule has 7 nitrogen and oxygen atoms in total. The predicted octanol–water partition coefficient (Wildman–Crippen LogP) is 4.41.